The number of halogens is 1. The molecular formula is C31H34FN7O3. The number of anilines is 1. The summed E-state index contributed by atoms with van der Waals surface area (Å²) in [5, 5.41) is 14.4. The Bertz CT molecular complexity index is 1690. The smallest absolute Gasteiger partial charge is 0.263 e. The molecule has 2 saturated carbocycles. The average Bonchev–Trinajstić information content (AvgIpc) is 3.91. The van der Waals surface area contributed by atoms with Gasteiger partial charge in [-0.3, -0.25) is 9.59 Å². The zero-order chi connectivity index (χ0) is 29.4. The van der Waals surface area contributed by atoms with E-state index in [1.165, 1.54) is 12.1 Å². The van der Waals surface area contributed by atoms with Crippen molar-refractivity contribution in [3.8, 4) is 22.5 Å². The Balaban J connectivity index is 1.34. The summed E-state index contributed by atoms with van der Waals surface area (Å²) in [4.78, 5) is 31.7. The first kappa shape index (κ1) is 27.9. The van der Waals surface area contributed by atoms with Crippen molar-refractivity contribution in [3.05, 3.63) is 81.9 Å². The van der Waals surface area contributed by atoms with Crippen molar-refractivity contribution in [2.24, 2.45) is 7.05 Å². The van der Waals surface area contributed by atoms with Gasteiger partial charge in [0.05, 0.1) is 6.10 Å². The van der Waals surface area contributed by atoms with Crippen LogP contribution in [0.5, 0.6) is 0 Å². The van der Waals surface area contributed by atoms with E-state index >= 15 is 0 Å². The van der Waals surface area contributed by atoms with Gasteiger partial charge in [-0.05, 0) is 79.6 Å². The number of aryl methyl sites for hydroxylation is 1. The van der Waals surface area contributed by atoms with E-state index in [2.05, 4.69) is 20.8 Å². The minimum atomic E-state index is -0.513. The lowest BCUT2D eigenvalue weighted by Gasteiger charge is -2.15. The quantitative estimate of drug-likeness (QED) is 0.274. The highest BCUT2D eigenvalue weighted by atomic mass is 19.1. The number of carbonyl (C=O) groups is 1. The number of methoxy groups -OCH3 is 1. The summed E-state index contributed by atoms with van der Waals surface area (Å²) in [6.07, 6.45) is 7.29. The van der Waals surface area contributed by atoms with Crippen molar-refractivity contribution >= 4 is 11.7 Å². The Morgan fingerprint density at radius 2 is 1.95 bits per heavy atom. The van der Waals surface area contributed by atoms with Crippen molar-refractivity contribution < 1.29 is 13.9 Å². The Labute approximate surface area is 243 Å². The molecule has 1 amide bonds. The number of amides is 1. The van der Waals surface area contributed by atoms with Crippen LogP contribution in [0.1, 0.15) is 66.2 Å². The van der Waals surface area contributed by atoms with Crippen molar-refractivity contribution in [3.63, 3.8) is 0 Å². The average molecular weight is 572 g/mol. The normalized spacial score (nSPS) is 15.5. The van der Waals surface area contributed by atoms with Gasteiger partial charge in [0.1, 0.15) is 23.5 Å². The molecule has 0 saturated heterocycles. The predicted octanol–water partition coefficient (Wildman–Crippen LogP) is 4.43. The number of rotatable bonds is 11. The van der Waals surface area contributed by atoms with E-state index in [0.717, 1.165) is 48.1 Å². The molecule has 2 aliphatic rings. The van der Waals surface area contributed by atoms with E-state index < -0.39 is 5.91 Å². The molecule has 218 valence electrons. The molecule has 0 radical (unpaired) electrons. The number of nitrogens with one attached hydrogen (secondary N) is 2. The van der Waals surface area contributed by atoms with E-state index in [-0.39, 0.29) is 35.0 Å². The Morgan fingerprint density at radius 1 is 1.14 bits per heavy atom. The standard InChI is InChI=1S/C31H34FN7O3/c1-18(42-3)14-33-15-19-10-26(31(41)39(16-19)23-7-8-23)30(40)36-28-12-21(11-27(35-28)20-4-5-20)24-9-6-22(32)13-25(24)29-37-34-17-38(29)2/h6,9-13,16-18,20,23,33H,4-5,7-8,14-15H2,1-3H3,(H,35,36,40)/t18-/m1/s1. The van der Waals surface area contributed by atoms with Gasteiger partial charge in [0.25, 0.3) is 11.5 Å². The molecule has 42 heavy (non-hydrogen) atoms. The summed E-state index contributed by atoms with van der Waals surface area (Å²) in [6, 6.07) is 10.0. The molecule has 4 aromatic rings. The lowest BCUT2D eigenvalue weighted by molar-refractivity contribution is 0.102. The first-order chi connectivity index (χ1) is 20.3. The number of hydrogen-bond acceptors (Lipinski definition) is 7. The molecule has 2 N–H and O–H groups in total. The van der Waals surface area contributed by atoms with Crippen LogP contribution in [0.25, 0.3) is 22.5 Å². The topological polar surface area (TPSA) is 116 Å². The Morgan fingerprint density at radius 3 is 2.64 bits per heavy atom. The fourth-order valence-corrected chi connectivity index (χ4v) is 5.07. The van der Waals surface area contributed by atoms with Crippen LogP contribution in [-0.2, 0) is 18.3 Å². The van der Waals surface area contributed by atoms with Crippen LogP contribution in [0, 0.1) is 5.82 Å². The van der Waals surface area contributed by atoms with E-state index in [4.69, 9.17) is 9.72 Å². The summed E-state index contributed by atoms with van der Waals surface area (Å²) in [5.41, 5.74) is 3.53. The molecule has 11 heteroatoms. The molecule has 6 rings (SSSR count). The van der Waals surface area contributed by atoms with Crippen LogP contribution in [-0.4, -0.2) is 50.0 Å². The number of pyridine rings is 2. The number of benzene rings is 1. The van der Waals surface area contributed by atoms with Crippen LogP contribution < -0.4 is 16.2 Å². The van der Waals surface area contributed by atoms with Crippen LogP contribution in [0.2, 0.25) is 0 Å². The summed E-state index contributed by atoms with van der Waals surface area (Å²) < 4.78 is 23.1. The molecule has 1 aromatic carbocycles. The van der Waals surface area contributed by atoms with Gasteiger partial charge in [-0.25, -0.2) is 9.37 Å². The van der Waals surface area contributed by atoms with Gasteiger partial charge < -0.3 is 24.5 Å². The van der Waals surface area contributed by atoms with E-state index in [1.807, 2.05) is 19.2 Å². The van der Waals surface area contributed by atoms with Crippen molar-refractivity contribution in [2.75, 3.05) is 19.0 Å². The molecule has 0 bridgehead atoms. The minimum Gasteiger partial charge on any atom is -0.380 e. The van der Waals surface area contributed by atoms with Crippen LogP contribution >= 0.6 is 0 Å². The maximum Gasteiger partial charge on any atom is 0.263 e. The number of hydrogen-bond donors (Lipinski definition) is 2. The Hall–Kier alpha value is -4.22. The molecule has 2 aliphatic carbocycles. The lowest BCUT2D eigenvalue weighted by atomic mass is 9.98. The highest BCUT2D eigenvalue weighted by Crippen LogP contribution is 2.42. The second-order valence-electron chi connectivity index (χ2n) is 11.2. The summed E-state index contributed by atoms with van der Waals surface area (Å²) in [5.74, 6) is 0.240. The second kappa shape index (κ2) is 11.6. The van der Waals surface area contributed by atoms with Gasteiger partial charge in [0.15, 0.2) is 5.82 Å². The first-order valence-electron chi connectivity index (χ1n) is 14.3. The van der Waals surface area contributed by atoms with Gasteiger partial charge in [-0.15, -0.1) is 10.2 Å². The fourth-order valence-electron chi connectivity index (χ4n) is 5.07. The molecule has 1 atom stereocenters. The zero-order valence-electron chi connectivity index (χ0n) is 23.9. The first-order valence-corrected chi connectivity index (χ1v) is 14.3. The molecule has 3 heterocycles. The third-order valence-electron chi connectivity index (χ3n) is 7.78. The molecule has 0 unspecified atom stereocenters. The molecule has 0 spiro atoms. The molecule has 3 aromatic heterocycles. The number of carbonyl (C=O) groups excluding carboxylic acids is 1. The van der Waals surface area contributed by atoms with Gasteiger partial charge in [-0.2, -0.15) is 0 Å². The van der Waals surface area contributed by atoms with Crippen molar-refractivity contribution in [2.45, 2.75) is 57.2 Å². The summed E-state index contributed by atoms with van der Waals surface area (Å²) >= 11 is 0. The maximum absolute atomic E-state index is 14.4. The lowest BCUT2D eigenvalue weighted by Crippen LogP contribution is -2.31. The molecule has 0 aliphatic heterocycles. The van der Waals surface area contributed by atoms with Gasteiger partial charge in [-0.1, -0.05) is 6.07 Å². The third-order valence-corrected chi connectivity index (χ3v) is 7.78. The monoisotopic (exact) mass is 571 g/mol. The van der Waals surface area contributed by atoms with Gasteiger partial charge >= 0.3 is 0 Å². The van der Waals surface area contributed by atoms with Gasteiger partial charge in [0.2, 0.25) is 0 Å². The number of nitrogens with zero attached hydrogens (tertiary/aromatic N) is 5. The highest BCUT2D eigenvalue weighted by Gasteiger charge is 2.29. The fraction of sp³-hybridized carbons (Fsp3) is 0.387. The molecule has 10 nitrogen and oxygen atoms in total. The second-order valence-corrected chi connectivity index (χ2v) is 11.2. The van der Waals surface area contributed by atoms with Crippen LogP contribution in [0.4, 0.5) is 10.2 Å². The SMILES string of the molecule is CO[C@H](C)CNCc1cc(C(=O)Nc2cc(-c3ccc(F)cc3-c3nncn3C)cc(C3CC3)n2)c(=O)n(C2CC2)c1. The predicted molar refractivity (Wildman–Crippen MR) is 157 cm³/mol. The van der Waals surface area contributed by atoms with Crippen LogP contribution in [0.3, 0.4) is 0 Å². The van der Waals surface area contributed by atoms with Crippen molar-refractivity contribution in [1.82, 2.24) is 29.6 Å². The van der Waals surface area contributed by atoms with E-state index in [1.54, 1.807) is 47.8 Å². The number of aromatic nitrogens is 5. The number of ether oxygens (including phenoxy) is 1. The van der Waals surface area contributed by atoms with Crippen molar-refractivity contribution in [1.29, 1.82) is 0 Å². The molecular weight excluding hydrogens is 537 g/mol. The van der Waals surface area contributed by atoms with E-state index in [0.29, 0.717) is 30.3 Å². The summed E-state index contributed by atoms with van der Waals surface area (Å²) in [7, 11) is 3.46. The zero-order valence-corrected chi connectivity index (χ0v) is 23.9. The minimum absolute atomic E-state index is 0.0383. The molecule has 2 fully saturated rings. The third kappa shape index (κ3) is 6.02. The van der Waals surface area contributed by atoms with Gasteiger partial charge in [0, 0.05) is 56.7 Å². The summed E-state index contributed by atoms with van der Waals surface area (Å²) in [6.45, 7) is 3.10. The van der Waals surface area contributed by atoms with Crippen LogP contribution in [0.15, 0.2) is 53.7 Å². The maximum atomic E-state index is 14.4. The van der Waals surface area contributed by atoms with E-state index in [9.17, 15) is 14.0 Å². The Kier molecular flexibility index (Phi) is 7.70. The highest BCUT2D eigenvalue weighted by molar-refractivity contribution is 6.04. The largest absolute Gasteiger partial charge is 0.380 e.